The molecule has 152 valence electrons. The first kappa shape index (κ1) is 19.6. The zero-order chi connectivity index (χ0) is 20.8. The Balaban J connectivity index is 1.70. The molecule has 1 aliphatic carbocycles. The number of nitrogens with zero attached hydrogens (tertiary/aromatic N) is 1. The Bertz CT molecular complexity index is 957. The van der Waals surface area contributed by atoms with Crippen LogP contribution in [0.5, 0.6) is 0 Å². The van der Waals surface area contributed by atoms with Crippen molar-refractivity contribution in [3.05, 3.63) is 42.0 Å². The van der Waals surface area contributed by atoms with Crippen LogP contribution in [0.15, 0.2) is 36.4 Å². The van der Waals surface area contributed by atoms with E-state index < -0.39 is 23.4 Å². The number of amides is 3. The van der Waals surface area contributed by atoms with Gasteiger partial charge in [0.05, 0.1) is 5.56 Å². The Hall–Kier alpha value is -2.67. The Morgan fingerprint density at radius 1 is 1.21 bits per heavy atom. The van der Waals surface area contributed by atoms with Gasteiger partial charge < -0.3 is 15.5 Å². The lowest BCUT2D eigenvalue weighted by Crippen LogP contribution is -2.57. The second kappa shape index (κ2) is 7.30. The lowest BCUT2D eigenvalue weighted by atomic mass is 10.1. The summed E-state index contributed by atoms with van der Waals surface area (Å²) in [4.78, 5) is 41.8. The first-order valence-electron chi connectivity index (χ1n) is 9.86. The van der Waals surface area contributed by atoms with Gasteiger partial charge in [0.1, 0.15) is 5.00 Å². The number of hydrogen-bond acceptors (Lipinski definition) is 4. The van der Waals surface area contributed by atoms with Crippen LogP contribution in [0, 0.1) is 5.92 Å². The van der Waals surface area contributed by atoms with Crippen LogP contribution in [0.4, 0.5) is 5.00 Å². The molecule has 29 heavy (non-hydrogen) atoms. The molecule has 7 heteroatoms. The minimum Gasteiger partial charge on any atom is -0.349 e. The van der Waals surface area contributed by atoms with E-state index in [4.69, 9.17) is 0 Å². The molecule has 1 aliphatic heterocycles. The van der Waals surface area contributed by atoms with Gasteiger partial charge in [-0.3, -0.25) is 14.4 Å². The molecule has 1 atom stereocenters. The maximum atomic E-state index is 13.4. The topological polar surface area (TPSA) is 78.5 Å². The van der Waals surface area contributed by atoms with Crippen LogP contribution in [0.25, 0.3) is 10.4 Å². The highest BCUT2D eigenvalue weighted by atomic mass is 32.1. The highest BCUT2D eigenvalue weighted by molar-refractivity contribution is 7.20. The van der Waals surface area contributed by atoms with Crippen LogP contribution in [-0.4, -0.2) is 40.7 Å². The molecule has 1 aromatic carbocycles. The normalized spacial score (nSPS) is 19.4. The van der Waals surface area contributed by atoms with Crippen molar-refractivity contribution in [2.75, 3.05) is 11.9 Å². The number of hydrogen-bond donors (Lipinski definition) is 2. The standard InChI is InChI=1S/C22H25N3O3S/c1-22(2,3)24-19(27)17-18(26)23-20-15(21(28)25(17)12-13-9-10-13)11-16(29-20)14-7-5-4-6-8-14/h4-8,11,13,17H,9-10,12H2,1-3H3,(H,23,26)(H,24,27). The number of rotatable bonds is 4. The van der Waals surface area contributed by atoms with Gasteiger partial charge in [-0.2, -0.15) is 0 Å². The fraction of sp³-hybridized carbons (Fsp3) is 0.409. The average molecular weight is 412 g/mol. The largest absolute Gasteiger partial charge is 0.349 e. The van der Waals surface area contributed by atoms with E-state index in [1.165, 1.54) is 16.2 Å². The molecule has 1 aromatic heterocycles. The predicted octanol–water partition coefficient (Wildman–Crippen LogP) is 3.50. The number of carbonyl (C=O) groups is 3. The third kappa shape index (κ3) is 4.19. The van der Waals surface area contributed by atoms with E-state index in [-0.39, 0.29) is 5.91 Å². The van der Waals surface area contributed by atoms with Gasteiger partial charge in [-0.1, -0.05) is 30.3 Å². The third-order valence-corrected chi connectivity index (χ3v) is 6.08. The molecule has 2 aliphatic rings. The van der Waals surface area contributed by atoms with E-state index in [0.717, 1.165) is 23.3 Å². The second-order valence-corrected chi connectivity index (χ2v) is 9.80. The molecule has 6 nitrogen and oxygen atoms in total. The van der Waals surface area contributed by atoms with Crippen molar-refractivity contribution in [1.29, 1.82) is 0 Å². The molecule has 2 N–H and O–H groups in total. The zero-order valence-corrected chi connectivity index (χ0v) is 17.6. The summed E-state index contributed by atoms with van der Waals surface area (Å²) in [5.74, 6) is -0.813. The minimum absolute atomic E-state index is 0.266. The molecule has 1 unspecified atom stereocenters. The molecule has 1 fully saturated rings. The van der Waals surface area contributed by atoms with E-state index in [1.54, 1.807) is 0 Å². The van der Waals surface area contributed by atoms with Crippen molar-refractivity contribution in [3.63, 3.8) is 0 Å². The smallest absolute Gasteiger partial charge is 0.257 e. The van der Waals surface area contributed by atoms with E-state index in [2.05, 4.69) is 10.6 Å². The van der Waals surface area contributed by atoms with Gasteiger partial charge in [0.2, 0.25) is 0 Å². The molecule has 0 spiro atoms. The summed E-state index contributed by atoms with van der Waals surface area (Å²) in [6, 6.07) is 10.4. The van der Waals surface area contributed by atoms with Crippen LogP contribution in [0.3, 0.4) is 0 Å². The summed E-state index contributed by atoms with van der Waals surface area (Å²) >= 11 is 1.36. The Morgan fingerprint density at radius 2 is 1.90 bits per heavy atom. The maximum absolute atomic E-state index is 13.4. The molecule has 4 rings (SSSR count). The first-order chi connectivity index (χ1) is 13.7. The van der Waals surface area contributed by atoms with Crippen LogP contribution in [0.2, 0.25) is 0 Å². The number of thiophene rings is 1. The summed E-state index contributed by atoms with van der Waals surface area (Å²) in [7, 11) is 0. The Morgan fingerprint density at radius 3 is 2.52 bits per heavy atom. The van der Waals surface area contributed by atoms with Gasteiger partial charge in [-0.25, -0.2) is 0 Å². The highest BCUT2D eigenvalue weighted by Gasteiger charge is 2.43. The number of nitrogens with one attached hydrogen (secondary N) is 2. The number of anilines is 1. The van der Waals surface area contributed by atoms with Gasteiger partial charge in [0.25, 0.3) is 17.7 Å². The average Bonchev–Trinajstić information content (AvgIpc) is 3.38. The summed E-state index contributed by atoms with van der Waals surface area (Å²) in [5.41, 5.74) is 0.945. The molecule has 1 saturated carbocycles. The SMILES string of the molecule is CC(C)(C)NC(=O)C1C(=O)Nc2sc(-c3ccccc3)cc2C(=O)N1CC1CC1. The van der Waals surface area contributed by atoms with E-state index in [0.29, 0.717) is 23.0 Å². The molecule has 2 aromatic rings. The first-order valence-corrected chi connectivity index (χ1v) is 10.7. The highest BCUT2D eigenvalue weighted by Crippen LogP contribution is 2.39. The number of benzene rings is 1. The van der Waals surface area contributed by atoms with Gasteiger partial charge in [-0.15, -0.1) is 11.3 Å². The van der Waals surface area contributed by atoms with Crippen LogP contribution in [-0.2, 0) is 9.59 Å². The number of fused-ring (bicyclic) bond motifs is 1. The van der Waals surface area contributed by atoms with E-state index >= 15 is 0 Å². The van der Waals surface area contributed by atoms with Crippen LogP contribution < -0.4 is 10.6 Å². The third-order valence-electron chi connectivity index (χ3n) is 4.98. The van der Waals surface area contributed by atoms with Crippen LogP contribution in [0.1, 0.15) is 44.0 Å². The van der Waals surface area contributed by atoms with Crippen molar-refractivity contribution in [2.24, 2.45) is 5.92 Å². The van der Waals surface area contributed by atoms with Crippen molar-refractivity contribution < 1.29 is 14.4 Å². The van der Waals surface area contributed by atoms with Gasteiger partial charge in [0.15, 0.2) is 6.04 Å². The lowest BCUT2D eigenvalue weighted by molar-refractivity contribution is -0.134. The lowest BCUT2D eigenvalue weighted by Gasteiger charge is -2.30. The minimum atomic E-state index is -1.16. The van der Waals surface area contributed by atoms with E-state index in [9.17, 15) is 14.4 Å². The summed E-state index contributed by atoms with van der Waals surface area (Å²) < 4.78 is 0. The number of carbonyl (C=O) groups excluding carboxylic acids is 3. The quantitative estimate of drug-likeness (QED) is 0.756. The fourth-order valence-electron chi connectivity index (χ4n) is 3.45. The van der Waals surface area contributed by atoms with Crippen molar-refractivity contribution in [3.8, 4) is 10.4 Å². The van der Waals surface area contributed by atoms with Gasteiger partial charge in [-0.05, 0) is 51.2 Å². The summed E-state index contributed by atoms with van der Waals surface area (Å²) in [6.07, 6.45) is 2.04. The molecule has 0 radical (unpaired) electrons. The zero-order valence-electron chi connectivity index (χ0n) is 16.8. The van der Waals surface area contributed by atoms with Crippen molar-refractivity contribution in [1.82, 2.24) is 10.2 Å². The van der Waals surface area contributed by atoms with E-state index in [1.807, 2.05) is 57.2 Å². The molecular weight excluding hydrogens is 386 g/mol. The predicted molar refractivity (Wildman–Crippen MR) is 114 cm³/mol. The monoisotopic (exact) mass is 411 g/mol. The van der Waals surface area contributed by atoms with Gasteiger partial charge in [0, 0.05) is 17.0 Å². The molecule has 0 saturated heterocycles. The second-order valence-electron chi connectivity index (χ2n) is 8.75. The maximum Gasteiger partial charge on any atom is 0.257 e. The Labute approximate surface area is 174 Å². The summed E-state index contributed by atoms with van der Waals surface area (Å²) in [6.45, 7) is 5.99. The molecular formula is C22H25N3O3S. The van der Waals surface area contributed by atoms with Crippen LogP contribution >= 0.6 is 11.3 Å². The molecule has 0 bridgehead atoms. The van der Waals surface area contributed by atoms with Gasteiger partial charge >= 0.3 is 0 Å². The molecule has 3 amide bonds. The van der Waals surface area contributed by atoms with Crippen molar-refractivity contribution in [2.45, 2.75) is 45.2 Å². The molecule has 2 heterocycles. The summed E-state index contributed by atoms with van der Waals surface area (Å²) in [5, 5.41) is 6.20. The Kier molecular flexibility index (Phi) is 4.94. The fourth-order valence-corrected chi connectivity index (χ4v) is 4.51. The van der Waals surface area contributed by atoms with Crippen molar-refractivity contribution >= 4 is 34.1 Å².